The Bertz CT molecular complexity index is 834. The van der Waals surface area contributed by atoms with Gasteiger partial charge in [0.2, 0.25) is 0 Å². The topological polar surface area (TPSA) is 62.6 Å². The lowest BCUT2D eigenvalue weighted by Gasteiger charge is -2.28. The van der Waals surface area contributed by atoms with E-state index >= 15 is 0 Å². The number of rotatable bonds is 2. The summed E-state index contributed by atoms with van der Waals surface area (Å²) in [6, 6.07) is 10.8. The smallest absolute Gasteiger partial charge is 0.270 e. The Morgan fingerprint density at radius 2 is 1.78 bits per heavy atom. The van der Waals surface area contributed by atoms with Gasteiger partial charge in [-0.1, -0.05) is 17.7 Å². The van der Waals surface area contributed by atoms with Crippen molar-refractivity contribution < 1.29 is 14.0 Å². The first-order chi connectivity index (χ1) is 11.0. The Morgan fingerprint density at radius 3 is 2.39 bits per heavy atom. The zero-order chi connectivity index (χ0) is 16.6. The van der Waals surface area contributed by atoms with Gasteiger partial charge in [-0.25, -0.2) is 0 Å². The molecule has 1 saturated heterocycles. The molecule has 3 rings (SSSR count). The molecule has 0 spiro atoms. The molecule has 23 heavy (non-hydrogen) atoms. The fraction of sp³-hybridized carbons (Fsp3) is 0.118. The molecule has 1 aromatic carbocycles. The highest BCUT2D eigenvalue weighted by atomic mass is 32.1. The fourth-order valence-electron chi connectivity index (χ4n) is 2.26. The second-order valence-electron chi connectivity index (χ2n) is 5.24. The lowest BCUT2D eigenvalue weighted by Crippen LogP contribution is -2.54. The van der Waals surface area contributed by atoms with Crippen LogP contribution in [0.5, 0.6) is 0 Å². The van der Waals surface area contributed by atoms with E-state index in [0.29, 0.717) is 17.2 Å². The predicted molar refractivity (Wildman–Crippen MR) is 90.8 cm³/mol. The molecule has 0 atom stereocenters. The summed E-state index contributed by atoms with van der Waals surface area (Å²) in [6.07, 6.45) is 1.42. The zero-order valence-corrected chi connectivity index (χ0v) is 13.4. The number of hydrogen-bond donors (Lipinski definition) is 1. The Labute approximate surface area is 138 Å². The fourth-order valence-corrected chi connectivity index (χ4v) is 2.54. The maximum Gasteiger partial charge on any atom is 0.270 e. The van der Waals surface area contributed by atoms with Gasteiger partial charge in [0.25, 0.3) is 11.8 Å². The molecule has 1 aliphatic heterocycles. The lowest BCUT2D eigenvalue weighted by molar-refractivity contribution is -0.122. The monoisotopic (exact) mass is 326 g/mol. The second kappa shape index (κ2) is 5.81. The molecule has 1 fully saturated rings. The number of carbonyl (C=O) groups is 2. The summed E-state index contributed by atoms with van der Waals surface area (Å²) in [5.74, 6) is 0.137. The third-order valence-electron chi connectivity index (χ3n) is 3.44. The van der Waals surface area contributed by atoms with E-state index in [1.54, 1.807) is 31.2 Å². The number of aryl methyl sites for hydroxylation is 2. The second-order valence-corrected chi connectivity index (χ2v) is 5.63. The van der Waals surface area contributed by atoms with E-state index in [9.17, 15) is 9.59 Å². The van der Waals surface area contributed by atoms with Crippen LogP contribution < -0.4 is 10.2 Å². The molecule has 1 aliphatic rings. The van der Waals surface area contributed by atoms with Gasteiger partial charge in [-0.3, -0.25) is 19.8 Å². The number of furan rings is 1. The number of hydrogen-bond acceptors (Lipinski definition) is 4. The van der Waals surface area contributed by atoms with Gasteiger partial charge in [0.05, 0.1) is 5.69 Å². The average molecular weight is 326 g/mol. The summed E-state index contributed by atoms with van der Waals surface area (Å²) >= 11 is 5.14. The number of thiocarbonyl (C=S) groups is 1. The Balaban J connectivity index is 2.00. The van der Waals surface area contributed by atoms with E-state index in [1.807, 2.05) is 19.1 Å². The number of nitrogens with one attached hydrogen (secondary N) is 1. The lowest BCUT2D eigenvalue weighted by atomic mass is 10.1. The number of anilines is 1. The van der Waals surface area contributed by atoms with Crippen LogP contribution in [0, 0.1) is 13.8 Å². The van der Waals surface area contributed by atoms with Crippen molar-refractivity contribution in [3.63, 3.8) is 0 Å². The van der Waals surface area contributed by atoms with Crippen molar-refractivity contribution in [2.45, 2.75) is 13.8 Å². The summed E-state index contributed by atoms with van der Waals surface area (Å²) in [6.45, 7) is 3.74. The molecule has 0 bridgehead atoms. The highest BCUT2D eigenvalue weighted by molar-refractivity contribution is 7.80. The molecule has 2 heterocycles. The highest BCUT2D eigenvalue weighted by Crippen LogP contribution is 2.22. The first kappa shape index (κ1) is 15.2. The summed E-state index contributed by atoms with van der Waals surface area (Å²) in [5.41, 5.74) is 1.65. The van der Waals surface area contributed by atoms with Crippen LogP contribution in [0.2, 0.25) is 0 Å². The number of benzene rings is 1. The highest BCUT2D eigenvalue weighted by Gasteiger charge is 2.34. The van der Waals surface area contributed by atoms with Crippen LogP contribution in [0.4, 0.5) is 5.69 Å². The quantitative estimate of drug-likeness (QED) is 0.524. The summed E-state index contributed by atoms with van der Waals surface area (Å²) < 4.78 is 5.41. The van der Waals surface area contributed by atoms with Gasteiger partial charge in [-0.15, -0.1) is 0 Å². The normalized spacial score (nSPS) is 16.9. The van der Waals surface area contributed by atoms with Gasteiger partial charge in [0, 0.05) is 0 Å². The Kier molecular flexibility index (Phi) is 3.83. The molecule has 0 aliphatic carbocycles. The molecule has 116 valence electrons. The molecule has 2 aromatic rings. The van der Waals surface area contributed by atoms with Crippen molar-refractivity contribution >= 4 is 40.9 Å². The molecule has 6 heteroatoms. The first-order valence-electron chi connectivity index (χ1n) is 7.00. The van der Waals surface area contributed by atoms with E-state index in [-0.39, 0.29) is 10.7 Å². The molecule has 1 N–H and O–H groups in total. The van der Waals surface area contributed by atoms with Crippen molar-refractivity contribution in [3.05, 3.63) is 59.1 Å². The van der Waals surface area contributed by atoms with Gasteiger partial charge in [0.15, 0.2) is 5.11 Å². The van der Waals surface area contributed by atoms with Gasteiger partial charge < -0.3 is 4.42 Å². The summed E-state index contributed by atoms with van der Waals surface area (Å²) in [7, 11) is 0. The van der Waals surface area contributed by atoms with Crippen molar-refractivity contribution in [2.75, 3.05) is 4.90 Å². The number of amides is 2. The van der Waals surface area contributed by atoms with E-state index in [1.165, 1.54) is 11.0 Å². The van der Waals surface area contributed by atoms with Crippen LogP contribution in [0.25, 0.3) is 6.08 Å². The van der Waals surface area contributed by atoms with Crippen molar-refractivity contribution in [1.29, 1.82) is 0 Å². The summed E-state index contributed by atoms with van der Waals surface area (Å²) in [4.78, 5) is 26.1. The minimum Gasteiger partial charge on any atom is -0.462 e. The maximum atomic E-state index is 12.7. The van der Waals surface area contributed by atoms with Crippen molar-refractivity contribution in [1.82, 2.24) is 5.32 Å². The van der Waals surface area contributed by atoms with E-state index in [4.69, 9.17) is 16.6 Å². The third-order valence-corrected chi connectivity index (χ3v) is 3.73. The van der Waals surface area contributed by atoms with Gasteiger partial charge >= 0.3 is 0 Å². The van der Waals surface area contributed by atoms with Crippen LogP contribution in [0.3, 0.4) is 0 Å². The van der Waals surface area contributed by atoms with Crippen LogP contribution in [-0.4, -0.2) is 16.9 Å². The SMILES string of the molecule is Cc1ccc(N2C(=O)/C(=C/c3ccc(C)o3)C(=O)NC2=S)cc1. The number of nitrogens with zero attached hydrogens (tertiary/aromatic N) is 1. The molecule has 0 radical (unpaired) electrons. The van der Waals surface area contributed by atoms with Crippen LogP contribution in [0.1, 0.15) is 17.1 Å². The predicted octanol–water partition coefficient (Wildman–Crippen LogP) is 2.73. The Hall–Kier alpha value is -2.73. The third kappa shape index (κ3) is 2.93. The van der Waals surface area contributed by atoms with Crippen molar-refractivity contribution in [3.8, 4) is 0 Å². The standard InChI is InChI=1S/C17H14N2O3S/c1-10-3-6-12(7-4-10)19-16(21)14(15(20)18-17(19)23)9-13-8-5-11(2)22-13/h3-9H,1-2H3,(H,18,20,23)/b14-9+. The number of carbonyl (C=O) groups excluding carboxylic acids is 2. The van der Waals surface area contributed by atoms with Gasteiger partial charge in [-0.05, 0) is 56.4 Å². The van der Waals surface area contributed by atoms with Gasteiger partial charge in [0.1, 0.15) is 17.1 Å². The molecule has 2 amide bonds. The van der Waals surface area contributed by atoms with E-state index in [0.717, 1.165) is 5.56 Å². The minimum atomic E-state index is -0.530. The molecular formula is C17H14N2O3S. The minimum absolute atomic E-state index is 0.0199. The zero-order valence-electron chi connectivity index (χ0n) is 12.6. The Morgan fingerprint density at radius 1 is 1.09 bits per heavy atom. The maximum absolute atomic E-state index is 12.7. The molecule has 1 aromatic heterocycles. The molecule has 0 unspecified atom stereocenters. The van der Waals surface area contributed by atoms with Crippen molar-refractivity contribution in [2.24, 2.45) is 0 Å². The molecule has 5 nitrogen and oxygen atoms in total. The summed E-state index contributed by atoms with van der Waals surface area (Å²) in [5, 5.41) is 2.60. The van der Waals surface area contributed by atoms with E-state index < -0.39 is 11.8 Å². The molecule has 0 saturated carbocycles. The van der Waals surface area contributed by atoms with Crippen LogP contribution in [0.15, 0.2) is 46.4 Å². The van der Waals surface area contributed by atoms with Crippen LogP contribution >= 0.6 is 12.2 Å². The van der Waals surface area contributed by atoms with E-state index in [2.05, 4.69) is 5.32 Å². The van der Waals surface area contributed by atoms with Crippen LogP contribution in [-0.2, 0) is 9.59 Å². The first-order valence-corrected chi connectivity index (χ1v) is 7.41. The molecular weight excluding hydrogens is 312 g/mol. The average Bonchev–Trinajstić information content (AvgIpc) is 2.91. The van der Waals surface area contributed by atoms with Gasteiger partial charge in [-0.2, -0.15) is 0 Å². The largest absolute Gasteiger partial charge is 0.462 e.